The van der Waals surface area contributed by atoms with Crippen molar-refractivity contribution in [2.75, 3.05) is 11.9 Å². The van der Waals surface area contributed by atoms with E-state index in [2.05, 4.69) is 36.2 Å². The number of carbonyl (C=O) groups excluding carboxylic acids is 1. The number of aryl methyl sites for hydroxylation is 1. The predicted octanol–water partition coefficient (Wildman–Crippen LogP) is 3.89. The monoisotopic (exact) mass is 475 g/mol. The van der Waals surface area contributed by atoms with E-state index in [-0.39, 0.29) is 5.76 Å². The summed E-state index contributed by atoms with van der Waals surface area (Å²) in [4.78, 5) is 12.3. The molecule has 0 aromatic carbocycles. The number of halogens is 4. The SMILES string of the molecule is Cc1nn(Cc2ccc(C(=O)Nc3cnn(COCC(F)(F)F)c3)o2)c(C)c1Br. The van der Waals surface area contributed by atoms with Crippen LogP contribution in [0.2, 0.25) is 0 Å². The molecule has 0 spiro atoms. The molecule has 3 aromatic heterocycles. The lowest BCUT2D eigenvalue weighted by molar-refractivity contribution is -0.182. The van der Waals surface area contributed by atoms with E-state index in [0.717, 1.165) is 20.5 Å². The van der Waals surface area contributed by atoms with Gasteiger partial charge in [-0.3, -0.25) is 9.48 Å². The molecule has 3 rings (SSSR count). The van der Waals surface area contributed by atoms with Crippen molar-refractivity contribution < 1.29 is 27.1 Å². The van der Waals surface area contributed by atoms with E-state index < -0.39 is 25.4 Å². The molecule has 1 N–H and O–H groups in total. The van der Waals surface area contributed by atoms with Crippen LogP contribution in [0.1, 0.15) is 27.7 Å². The van der Waals surface area contributed by atoms with Crippen LogP contribution in [0.25, 0.3) is 0 Å². The first-order valence-corrected chi connectivity index (χ1v) is 9.18. The molecule has 0 saturated heterocycles. The number of hydrogen-bond acceptors (Lipinski definition) is 5. The lowest BCUT2D eigenvalue weighted by Gasteiger charge is -2.07. The number of aromatic nitrogens is 4. The number of alkyl halides is 3. The van der Waals surface area contributed by atoms with Crippen LogP contribution in [0, 0.1) is 13.8 Å². The Morgan fingerprint density at radius 1 is 1.34 bits per heavy atom. The summed E-state index contributed by atoms with van der Waals surface area (Å²) in [5.41, 5.74) is 2.08. The van der Waals surface area contributed by atoms with Gasteiger partial charge in [0.15, 0.2) is 5.76 Å². The fraction of sp³-hybridized carbons (Fsp3) is 0.353. The van der Waals surface area contributed by atoms with Crippen molar-refractivity contribution in [1.82, 2.24) is 19.6 Å². The van der Waals surface area contributed by atoms with E-state index in [9.17, 15) is 18.0 Å². The minimum absolute atomic E-state index is 0.0849. The molecule has 3 heterocycles. The first-order chi connectivity index (χ1) is 13.6. The maximum absolute atomic E-state index is 12.3. The van der Waals surface area contributed by atoms with Crippen LogP contribution in [0.3, 0.4) is 0 Å². The molecular formula is C17H17BrF3N5O3. The summed E-state index contributed by atoms with van der Waals surface area (Å²) in [5, 5.41) is 10.8. The van der Waals surface area contributed by atoms with Gasteiger partial charge in [0.2, 0.25) is 0 Å². The number of nitrogens with zero attached hydrogens (tertiary/aromatic N) is 4. The number of hydrogen-bond donors (Lipinski definition) is 1. The van der Waals surface area contributed by atoms with Crippen molar-refractivity contribution in [3.8, 4) is 0 Å². The van der Waals surface area contributed by atoms with Gasteiger partial charge < -0.3 is 14.5 Å². The molecule has 0 atom stereocenters. The van der Waals surface area contributed by atoms with Gasteiger partial charge in [0.25, 0.3) is 5.91 Å². The highest BCUT2D eigenvalue weighted by Gasteiger charge is 2.27. The molecule has 0 bridgehead atoms. The third-order valence-electron chi connectivity index (χ3n) is 3.86. The van der Waals surface area contributed by atoms with Crippen LogP contribution in [-0.4, -0.2) is 38.3 Å². The molecular weight excluding hydrogens is 459 g/mol. The summed E-state index contributed by atoms with van der Waals surface area (Å²) >= 11 is 3.46. The van der Waals surface area contributed by atoms with Crippen LogP contribution in [0.15, 0.2) is 33.4 Å². The maximum Gasteiger partial charge on any atom is 0.411 e. The Kier molecular flexibility index (Phi) is 6.13. The van der Waals surface area contributed by atoms with Gasteiger partial charge in [-0.25, -0.2) is 4.68 Å². The molecule has 0 unspecified atom stereocenters. The van der Waals surface area contributed by atoms with Gasteiger partial charge in [-0.2, -0.15) is 23.4 Å². The molecule has 1 amide bonds. The normalized spacial score (nSPS) is 11.8. The molecule has 12 heteroatoms. The molecule has 3 aromatic rings. The lowest BCUT2D eigenvalue weighted by Crippen LogP contribution is -2.18. The molecule has 0 aliphatic carbocycles. The minimum atomic E-state index is -4.41. The van der Waals surface area contributed by atoms with E-state index in [1.165, 1.54) is 18.5 Å². The van der Waals surface area contributed by atoms with E-state index in [1.54, 1.807) is 10.7 Å². The highest BCUT2D eigenvalue weighted by molar-refractivity contribution is 9.10. The predicted molar refractivity (Wildman–Crippen MR) is 99.4 cm³/mol. The molecule has 156 valence electrons. The molecule has 0 aliphatic heterocycles. The fourth-order valence-corrected chi connectivity index (χ4v) is 2.79. The van der Waals surface area contributed by atoms with Crippen molar-refractivity contribution in [3.63, 3.8) is 0 Å². The second-order valence-electron chi connectivity index (χ2n) is 6.22. The number of ether oxygens (including phenoxy) is 1. The first-order valence-electron chi connectivity index (χ1n) is 8.39. The van der Waals surface area contributed by atoms with Gasteiger partial charge >= 0.3 is 6.18 Å². The fourth-order valence-electron chi connectivity index (χ4n) is 2.51. The first kappa shape index (κ1) is 21.1. The van der Waals surface area contributed by atoms with Crippen molar-refractivity contribution in [2.24, 2.45) is 0 Å². The lowest BCUT2D eigenvalue weighted by atomic mass is 10.4. The summed E-state index contributed by atoms with van der Waals surface area (Å²) in [6, 6.07) is 3.20. The Hall–Kier alpha value is -2.60. The van der Waals surface area contributed by atoms with E-state index >= 15 is 0 Å². The summed E-state index contributed by atoms with van der Waals surface area (Å²) in [6.07, 6.45) is -1.76. The number of amides is 1. The van der Waals surface area contributed by atoms with Crippen LogP contribution < -0.4 is 5.32 Å². The molecule has 0 fully saturated rings. The van der Waals surface area contributed by atoms with Crippen molar-refractivity contribution in [1.29, 1.82) is 0 Å². The Labute approximate surface area is 171 Å². The average Bonchev–Trinajstić information content (AvgIpc) is 3.33. The zero-order valence-corrected chi connectivity index (χ0v) is 17.0. The van der Waals surface area contributed by atoms with Crippen molar-refractivity contribution in [2.45, 2.75) is 33.3 Å². The second kappa shape index (κ2) is 8.41. The van der Waals surface area contributed by atoms with Crippen LogP contribution in [0.4, 0.5) is 18.9 Å². The number of furan rings is 1. The van der Waals surface area contributed by atoms with Gasteiger partial charge in [-0.05, 0) is 41.9 Å². The third kappa shape index (κ3) is 5.48. The molecule has 0 aliphatic rings. The van der Waals surface area contributed by atoms with E-state index in [0.29, 0.717) is 18.0 Å². The van der Waals surface area contributed by atoms with Crippen LogP contribution in [-0.2, 0) is 18.0 Å². The minimum Gasteiger partial charge on any atom is -0.454 e. The smallest absolute Gasteiger partial charge is 0.411 e. The van der Waals surface area contributed by atoms with E-state index in [4.69, 9.17) is 4.42 Å². The molecule has 8 nitrogen and oxygen atoms in total. The zero-order valence-electron chi connectivity index (χ0n) is 15.5. The van der Waals surface area contributed by atoms with E-state index in [1.807, 2.05) is 13.8 Å². The maximum atomic E-state index is 12.3. The standard InChI is InChI=1S/C17H17BrF3N5O3/c1-10-15(18)11(2)26(24-10)7-13-3-4-14(29-13)16(27)23-12-5-22-25(6-12)9-28-8-17(19,20)21/h3-6H,7-9H2,1-2H3,(H,23,27). The Morgan fingerprint density at radius 2 is 2.10 bits per heavy atom. The average molecular weight is 476 g/mol. The zero-order chi connectivity index (χ0) is 21.2. The summed E-state index contributed by atoms with van der Waals surface area (Å²) in [6.45, 7) is 2.38. The number of carbonyl (C=O) groups is 1. The van der Waals surface area contributed by atoms with Gasteiger partial charge in [-0.15, -0.1) is 0 Å². The van der Waals surface area contributed by atoms with Gasteiger partial charge in [0.1, 0.15) is 19.1 Å². The van der Waals surface area contributed by atoms with Gasteiger partial charge in [0, 0.05) is 0 Å². The number of rotatable bonds is 7. The summed E-state index contributed by atoms with van der Waals surface area (Å²) in [5.74, 6) is 0.118. The van der Waals surface area contributed by atoms with Crippen molar-refractivity contribution >= 4 is 27.5 Å². The highest BCUT2D eigenvalue weighted by atomic mass is 79.9. The third-order valence-corrected chi connectivity index (χ3v) is 5.01. The molecule has 29 heavy (non-hydrogen) atoms. The highest BCUT2D eigenvalue weighted by Crippen LogP contribution is 2.21. The second-order valence-corrected chi connectivity index (χ2v) is 7.02. The van der Waals surface area contributed by atoms with Crippen LogP contribution >= 0.6 is 15.9 Å². The Bertz CT molecular complexity index is 1010. The quantitative estimate of drug-likeness (QED) is 0.560. The summed E-state index contributed by atoms with van der Waals surface area (Å²) in [7, 11) is 0. The van der Waals surface area contributed by atoms with Gasteiger partial charge in [0.05, 0.1) is 40.5 Å². The van der Waals surface area contributed by atoms with Crippen molar-refractivity contribution in [3.05, 3.63) is 51.9 Å². The van der Waals surface area contributed by atoms with Gasteiger partial charge in [-0.1, -0.05) is 0 Å². The Morgan fingerprint density at radius 3 is 2.76 bits per heavy atom. The largest absolute Gasteiger partial charge is 0.454 e. The number of nitrogens with one attached hydrogen (secondary N) is 1. The number of anilines is 1. The molecule has 0 saturated carbocycles. The molecule has 0 radical (unpaired) electrons. The van der Waals surface area contributed by atoms with Crippen LogP contribution in [0.5, 0.6) is 0 Å². The summed E-state index contributed by atoms with van der Waals surface area (Å²) < 4.78 is 50.1. The Balaban J connectivity index is 1.57. The topological polar surface area (TPSA) is 87.1 Å².